The largest absolute Gasteiger partial charge is 0.447 e. The normalized spacial score (nSPS) is 21.7. The molecule has 14 heavy (non-hydrogen) atoms. The van der Waals surface area contributed by atoms with Crippen LogP contribution >= 0.6 is 0 Å². The van der Waals surface area contributed by atoms with E-state index in [1.807, 2.05) is 0 Å². The Balaban J connectivity index is 2.45. The molecule has 0 aromatic carbocycles. The first-order valence-corrected chi connectivity index (χ1v) is 5.21. The molecule has 82 valence electrons. The van der Waals surface area contributed by atoms with Crippen LogP contribution in [0.15, 0.2) is 0 Å². The summed E-state index contributed by atoms with van der Waals surface area (Å²) in [6.07, 6.45) is 1.83. The molecule has 1 N–H and O–H groups in total. The number of ether oxygens (including phenoxy) is 1. The van der Waals surface area contributed by atoms with E-state index in [9.17, 15) is 4.79 Å². The van der Waals surface area contributed by atoms with Gasteiger partial charge in [-0.05, 0) is 18.8 Å². The molecular weight excluding hydrogens is 182 g/mol. The fourth-order valence-electron chi connectivity index (χ4n) is 1.93. The van der Waals surface area contributed by atoms with Crippen molar-refractivity contribution in [1.82, 2.24) is 4.90 Å². The first-order chi connectivity index (χ1) is 6.66. The van der Waals surface area contributed by atoms with Crippen molar-refractivity contribution in [2.75, 3.05) is 19.8 Å². The average Bonchev–Trinajstić information content (AvgIpc) is 2.62. The number of carbonyl (C=O) groups is 1. The maximum Gasteiger partial charge on any atom is 0.410 e. The summed E-state index contributed by atoms with van der Waals surface area (Å²) in [6, 6.07) is 0.307. The van der Waals surface area contributed by atoms with Crippen molar-refractivity contribution < 1.29 is 14.6 Å². The van der Waals surface area contributed by atoms with E-state index >= 15 is 0 Å². The van der Waals surface area contributed by atoms with Crippen LogP contribution in [0.25, 0.3) is 0 Å². The van der Waals surface area contributed by atoms with Gasteiger partial charge in [0.2, 0.25) is 0 Å². The van der Waals surface area contributed by atoms with Crippen molar-refractivity contribution >= 4 is 6.09 Å². The third-order valence-corrected chi connectivity index (χ3v) is 2.62. The minimum atomic E-state index is -0.282. The van der Waals surface area contributed by atoms with Crippen molar-refractivity contribution in [1.29, 1.82) is 0 Å². The Kier molecular flexibility index (Phi) is 4.20. The van der Waals surface area contributed by atoms with Crippen molar-refractivity contribution in [3.8, 4) is 0 Å². The first kappa shape index (κ1) is 11.3. The van der Waals surface area contributed by atoms with E-state index in [4.69, 9.17) is 9.84 Å². The topological polar surface area (TPSA) is 49.8 Å². The molecule has 4 heteroatoms. The Morgan fingerprint density at radius 1 is 1.64 bits per heavy atom. The Bertz CT molecular complexity index is 194. The molecule has 0 aromatic heterocycles. The Morgan fingerprint density at radius 2 is 2.36 bits per heavy atom. The van der Waals surface area contributed by atoms with Crippen LogP contribution in [0.4, 0.5) is 4.79 Å². The van der Waals surface area contributed by atoms with Crippen molar-refractivity contribution in [2.45, 2.75) is 32.7 Å². The molecular formula is C10H19NO3. The van der Waals surface area contributed by atoms with E-state index in [0.717, 1.165) is 19.4 Å². The number of likely N-dealkylation sites (tertiary alicyclic amines) is 1. The summed E-state index contributed by atoms with van der Waals surface area (Å²) in [7, 11) is 0. The van der Waals surface area contributed by atoms with Crippen LogP contribution in [-0.4, -0.2) is 41.9 Å². The molecule has 0 bridgehead atoms. The Hall–Kier alpha value is -0.770. The highest BCUT2D eigenvalue weighted by Crippen LogP contribution is 2.24. The number of hydrogen-bond acceptors (Lipinski definition) is 3. The van der Waals surface area contributed by atoms with E-state index in [-0.39, 0.29) is 19.3 Å². The Labute approximate surface area is 84.8 Å². The molecule has 0 spiro atoms. The number of rotatable bonds is 3. The van der Waals surface area contributed by atoms with Gasteiger partial charge in [0.15, 0.2) is 0 Å². The van der Waals surface area contributed by atoms with Gasteiger partial charge in [0, 0.05) is 12.6 Å². The van der Waals surface area contributed by atoms with Crippen LogP contribution in [0.1, 0.15) is 26.7 Å². The summed E-state index contributed by atoms with van der Waals surface area (Å²) in [5, 5.41) is 8.54. The highest BCUT2D eigenvalue weighted by Gasteiger charge is 2.31. The van der Waals surface area contributed by atoms with Gasteiger partial charge in [0.25, 0.3) is 0 Å². The van der Waals surface area contributed by atoms with Gasteiger partial charge in [-0.25, -0.2) is 4.79 Å². The number of aliphatic hydroxyl groups is 1. The van der Waals surface area contributed by atoms with Crippen molar-refractivity contribution in [2.24, 2.45) is 5.92 Å². The molecule has 0 aromatic rings. The predicted molar refractivity (Wildman–Crippen MR) is 53.0 cm³/mol. The van der Waals surface area contributed by atoms with Crippen LogP contribution in [0, 0.1) is 5.92 Å². The van der Waals surface area contributed by atoms with Gasteiger partial charge >= 0.3 is 6.09 Å². The molecule has 1 unspecified atom stereocenters. The molecule has 1 aliphatic heterocycles. The monoisotopic (exact) mass is 201 g/mol. The van der Waals surface area contributed by atoms with Crippen LogP contribution < -0.4 is 0 Å². The van der Waals surface area contributed by atoms with E-state index in [2.05, 4.69) is 13.8 Å². The average molecular weight is 201 g/mol. The van der Waals surface area contributed by atoms with Gasteiger partial charge in [-0.15, -0.1) is 0 Å². The maximum absolute atomic E-state index is 11.5. The summed E-state index contributed by atoms with van der Waals surface area (Å²) in [6.45, 7) is 5.00. The lowest BCUT2D eigenvalue weighted by Crippen LogP contribution is -2.39. The molecule has 0 saturated carbocycles. The fraction of sp³-hybridized carbons (Fsp3) is 0.900. The van der Waals surface area contributed by atoms with Crippen LogP contribution in [-0.2, 0) is 4.74 Å². The summed E-state index contributed by atoms with van der Waals surface area (Å²) >= 11 is 0. The van der Waals surface area contributed by atoms with Gasteiger partial charge in [-0.3, -0.25) is 0 Å². The zero-order chi connectivity index (χ0) is 10.6. The molecule has 1 heterocycles. The van der Waals surface area contributed by atoms with Gasteiger partial charge in [-0.2, -0.15) is 0 Å². The van der Waals surface area contributed by atoms with E-state index < -0.39 is 0 Å². The van der Waals surface area contributed by atoms with Gasteiger partial charge < -0.3 is 14.7 Å². The van der Waals surface area contributed by atoms with Gasteiger partial charge in [0.1, 0.15) is 6.61 Å². The molecule has 1 aliphatic rings. The van der Waals surface area contributed by atoms with E-state index in [0.29, 0.717) is 12.0 Å². The second-order valence-corrected chi connectivity index (χ2v) is 3.98. The van der Waals surface area contributed by atoms with E-state index in [1.54, 1.807) is 4.90 Å². The number of hydrogen-bond donors (Lipinski definition) is 1. The zero-order valence-corrected chi connectivity index (χ0v) is 8.90. The van der Waals surface area contributed by atoms with Crippen LogP contribution in [0.2, 0.25) is 0 Å². The highest BCUT2D eigenvalue weighted by atomic mass is 16.6. The van der Waals surface area contributed by atoms with Crippen molar-refractivity contribution in [3.05, 3.63) is 0 Å². The lowest BCUT2D eigenvalue weighted by atomic mass is 10.0. The molecule has 1 rings (SSSR count). The number of aliphatic hydroxyl groups excluding tert-OH is 1. The third kappa shape index (κ3) is 2.61. The molecule has 1 saturated heterocycles. The van der Waals surface area contributed by atoms with Crippen molar-refractivity contribution in [3.63, 3.8) is 0 Å². The van der Waals surface area contributed by atoms with Gasteiger partial charge in [-0.1, -0.05) is 13.8 Å². The third-order valence-electron chi connectivity index (χ3n) is 2.62. The second-order valence-electron chi connectivity index (χ2n) is 3.98. The standard InChI is InChI=1S/C10H19NO3/c1-8(2)9-4-3-5-11(9)10(13)14-7-6-12/h8-9,12H,3-7H2,1-2H3. The second kappa shape index (κ2) is 5.20. The van der Waals surface area contributed by atoms with E-state index in [1.165, 1.54) is 0 Å². The zero-order valence-electron chi connectivity index (χ0n) is 8.90. The molecule has 1 amide bonds. The van der Waals surface area contributed by atoms with Crippen LogP contribution in [0.3, 0.4) is 0 Å². The maximum atomic E-state index is 11.5. The Morgan fingerprint density at radius 3 is 2.93 bits per heavy atom. The van der Waals surface area contributed by atoms with Gasteiger partial charge in [0.05, 0.1) is 6.61 Å². The fourth-order valence-corrected chi connectivity index (χ4v) is 1.93. The smallest absolute Gasteiger partial charge is 0.410 e. The molecule has 1 atom stereocenters. The first-order valence-electron chi connectivity index (χ1n) is 5.21. The minimum Gasteiger partial charge on any atom is -0.447 e. The predicted octanol–water partition coefficient (Wildman–Crippen LogP) is 1.24. The summed E-state index contributed by atoms with van der Waals surface area (Å²) in [5.74, 6) is 0.471. The molecule has 0 aliphatic carbocycles. The van der Waals surface area contributed by atoms with Crippen LogP contribution in [0.5, 0.6) is 0 Å². The molecule has 4 nitrogen and oxygen atoms in total. The molecule has 0 radical (unpaired) electrons. The molecule has 1 fully saturated rings. The number of amides is 1. The minimum absolute atomic E-state index is 0.0974. The number of carbonyl (C=O) groups excluding carboxylic acids is 1. The SMILES string of the molecule is CC(C)C1CCCN1C(=O)OCCO. The number of nitrogens with zero attached hydrogens (tertiary/aromatic N) is 1. The summed E-state index contributed by atoms with van der Waals surface area (Å²) in [5.41, 5.74) is 0. The lowest BCUT2D eigenvalue weighted by Gasteiger charge is -2.26. The lowest BCUT2D eigenvalue weighted by molar-refractivity contribution is 0.0749. The quantitative estimate of drug-likeness (QED) is 0.747. The summed E-state index contributed by atoms with van der Waals surface area (Å²) < 4.78 is 4.89. The highest BCUT2D eigenvalue weighted by molar-refractivity contribution is 5.68. The summed E-state index contributed by atoms with van der Waals surface area (Å²) in [4.78, 5) is 13.3.